The topological polar surface area (TPSA) is 76.0 Å². The van der Waals surface area contributed by atoms with Crippen LogP contribution >= 0.6 is 0 Å². The van der Waals surface area contributed by atoms with E-state index in [0.717, 1.165) is 12.0 Å². The monoisotopic (exact) mass is 314 g/mol. The van der Waals surface area contributed by atoms with Crippen molar-refractivity contribution in [2.45, 2.75) is 32.7 Å². The van der Waals surface area contributed by atoms with Crippen molar-refractivity contribution < 1.29 is 9.59 Å². The van der Waals surface area contributed by atoms with Gasteiger partial charge in [0.2, 0.25) is 5.91 Å². The van der Waals surface area contributed by atoms with Gasteiger partial charge in [0, 0.05) is 19.2 Å². The van der Waals surface area contributed by atoms with Gasteiger partial charge < -0.3 is 10.6 Å². The minimum absolute atomic E-state index is 0.0839. The number of rotatable bonds is 6. The summed E-state index contributed by atoms with van der Waals surface area (Å²) in [5, 5.41) is 9.78. The molecule has 122 valence electrons. The molecule has 0 saturated carbocycles. The van der Waals surface area contributed by atoms with Gasteiger partial charge in [0.05, 0.1) is 6.42 Å². The number of hydrogen-bond acceptors (Lipinski definition) is 3. The number of aromatic nitrogens is 2. The van der Waals surface area contributed by atoms with Crippen molar-refractivity contribution in [2.75, 3.05) is 5.32 Å². The van der Waals surface area contributed by atoms with Crippen LogP contribution in [-0.2, 0) is 18.3 Å². The summed E-state index contributed by atoms with van der Waals surface area (Å²) in [5.74, 6) is 0.117. The molecular weight excluding hydrogens is 292 g/mol. The summed E-state index contributed by atoms with van der Waals surface area (Å²) in [6, 6.07) is 11.2. The second-order valence-corrected chi connectivity index (χ2v) is 5.53. The van der Waals surface area contributed by atoms with Crippen LogP contribution in [0.2, 0.25) is 0 Å². The van der Waals surface area contributed by atoms with E-state index in [1.54, 1.807) is 13.1 Å². The zero-order valence-electron chi connectivity index (χ0n) is 13.7. The van der Waals surface area contributed by atoms with E-state index in [0.29, 0.717) is 11.5 Å². The highest BCUT2D eigenvalue weighted by atomic mass is 16.2. The molecular formula is C17H22N4O2. The lowest BCUT2D eigenvalue weighted by Gasteiger charge is -2.09. The number of aryl methyl sites for hydroxylation is 1. The summed E-state index contributed by atoms with van der Waals surface area (Å²) < 4.78 is 1.49. The summed E-state index contributed by atoms with van der Waals surface area (Å²) in [6.07, 6.45) is 1.12. The zero-order chi connectivity index (χ0) is 16.8. The van der Waals surface area contributed by atoms with Crippen LogP contribution in [0.15, 0.2) is 36.4 Å². The smallest absolute Gasteiger partial charge is 0.272 e. The van der Waals surface area contributed by atoms with Gasteiger partial charge in [-0.15, -0.1) is 0 Å². The van der Waals surface area contributed by atoms with Crippen molar-refractivity contribution in [2.24, 2.45) is 7.05 Å². The third-order valence-electron chi connectivity index (χ3n) is 3.58. The minimum atomic E-state index is -0.237. The Balaban J connectivity index is 2.01. The van der Waals surface area contributed by atoms with E-state index in [-0.39, 0.29) is 24.3 Å². The summed E-state index contributed by atoms with van der Waals surface area (Å²) in [4.78, 5) is 24.1. The van der Waals surface area contributed by atoms with Crippen LogP contribution in [-0.4, -0.2) is 27.6 Å². The average Bonchev–Trinajstić information content (AvgIpc) is 2.89. The third kappa shape index (κ3) is 4.67. The Hall–Kier alpha value is -2.63. The van der Waals surface area contributed by atoms with Gasteiger partial charge in [0.15, 0.2) is 5.69 Å². The van der Waals surface area contributed by atoms with E-state index >= 15 is 0 Å². The second-order valence-electron chi connectivity index (χ2n) is 5.53. The Morgan fingerprint density at radius 1 is 1.26 bits per heavy atom. The number of anilines is 1. The van der Waals surface area contributed by atoms with Gasteiger partial charge in [-0.3, -0.25) is 14.3 Å². The SMILES string of the molecule is CCC(C)NC(=O)c1cc(NC(=O)Cc2ccccc2)n(C)n1. The molecule has 1 heterocycles. The maximum Gasteiger partial charge on any atom is 0.272 e. The fourth-order valence-electron chi connectivity index (χ4n) is 2.06. The molecule has 23 heavy (non-hydrogen) atoms. The van der Waals surface area contributed by atoms with E-state index in [1.807, 2.05) is 44.2 Å². The maximum absolute atomic E-state index is 12.1. The first-order valence-electron chi connectivity index (χ1n) is 7.68. The van der Waals surface area contributed by atoms with Crippen molar-refractivity contribution in [3.8, 4) is 0 Å². The molecule has 1 unspecified atom stereocenters. The summed E-state index contributed by atoms with van der Waals surface area (Å²) >= 11 is 0. The molecule has 2 N–H and O–H groups in total. The van der Waals surface area contributed by atoms with Crippen LogP contribution in [0.4, 0.5) is 5.82 Å². The normalized spacial score (nSPS) is 11.8. The van der Waals surface area contributed by atoms with Crippen LogP contribution in [0.1, 0.15) is 36.3 Å². The number of amides is 2. The van der Waals surface area contributed by atoms with E-state index < -0.39 is 0 Å². The van der Waals surface area contributed by atoms with Crippen LogP contribution < -0.4 is 10.6 Å². The van der Waals surface area contributed by atoms with E-state index in [9.17, 15) is 9.59 Å². The molecule has 0 aliphatic heterocycles. The molecule has 0 fully saturated rings. The Morgan fingerprint density at radius 2 is 1.96 bits per heavy atom. The molecule has 2 amide bonds. The number of hydrogen-bond donors (Lipinski definition) is 2. The molecule has 0 aliphatic rings. The zero-order valence-corrected chi connectivity index (χ0v) is 13.7. The Morgan fingerprint density at radius 3 is 2.61 bits per heavy atom. The summed E-state index contributed by atoms with van der Waals surface area (Å²) in [5.41, 5.74) is 1.23. The van der Waals surface area contributed by atoms with Crippen molar-refractivity contribution >= 4 is 17.6 Å². The first-order chi connectivity index (χ1) is 11.0. The highest BCUT2D eigenvalue weighted by molar-refractivity contribution is 5.96. The van der Waals surface area contributed by atoms with Crippen molar-refractivity contribution in [3.05, 3.63) is 47.7 Å². The predicted octanol–water partition coefficient (Wildman–Crippen LogP) is 2.13. The highest BCUT2D eigenvalue weighted by Crippen LogP contribution is 2.11. The molecule has 1 atom stereocenters. The second kappa shape index (κ2) is 7.58. The van der Waals surface area contributed by atoms with Gasteiger partial charge in [0.25, 0.3) is 5.91 Å². The van der Waals surface area contributed by atoms with Gasteiger partial charge in [-0.25, -0.2) is 0 Å². The fourth-order valence-corrected chi connectivity index (χ4v) is 2.06. The lowest BCUT2D eigenvalue weighted by atomic mass is 10.1. The minimum Gasteiger partial charge on any atom is -0.348 e. The number of carbonyl (C=O) groups excluding carboxylic acids is 2. The molecule has 0 bridgehead atoms. The lowest BCUT2D eigenvalue weighted by Crippen LogP contribution is -2.32. The molecule has 1 aromatic heterocycles. The van der Waals surface area contributed by atoms with Gasteiger partial charge in [-0.1, -0.05) is 37.3 Å². The van der Waals surface area contributed by atoms with Crippen LogP contribution in [0.5, 0.6) is 0 Å². The molecule has 0 radical (unpaired) electrons. The number of benzene rings is 1. The molecule has 0 saturated heterocycles. The van der Waals surface area contributed by atoms with Crippen molar-refractivity contribution in [3.63, 3.8) is 0 Å². The highest BCUT2D eigenvalue weighted by Gasteiger charge is 2.15. The van der Waals surface area contributed by atoms with E-state index in [2.05, 4.69) is 15.7 Å². The Kier molecular flexibility index (Phi) is 5.51. The quantitative estimate of drug-likeness (QED) is 0.857. The number of nitrogens with one attached hydrogen (secondary N) is 2. The van der Waals surface area contributed by atoms with Gasteiger partial charge in [0.1, 0.15) is 5.82 Å². The van der Waals surface area contributed by atoms with Crippen molar-refractivity contribution in [1.82, 2.24) is 15.1 Å². The lowest BCUT2D eigenvalue weighted by molar-refractivity contribution is -0.115. The van der Waals surface area contributed by atoms with E-state index in [4.69, 9.17) is 0 Å². The number of nitrogens with zero attached hydrogens (tertiary/aromatic N) is 2. The summed E-state index contributed by atoms with van der Waals surface area (Å²) in [6.45, 7) is 3.93. The maximum atomic E-state index is 12.1. The Labute approximate surface area is 135 Å². The van der Waals surface area contributed by atoms with Crippen LogP contribution in [0, 0.1) is 0 Å². The first kappa shape index (κ1) is 16.7. The van der Waals surface area contributed by atoms with Gasteiger partial charge in [-0.2, -0.15) is 5.10 Å². The molecule has 6 heteroatoms. The van der Waals surface area contributed by atoms with Gasteiger partial charge in [-0.05, 0) is 18.9 Å². The van der Waals surface area contributed by atoms with Crippen LogP contribution in [0.25, 0.3) is 0 Å². The molecule has 0 aliphatic carbocycles. The molecule has 1 aromatic carbocycles. The predicted molar refractivity (Wildman–Crippen MR) is 89.2 cm³/mol. The largest absolute Gasteiger partial charge is 0.348 e. The van der Waals surface area contributed by atoms with Crippen LogP contribution in [0.3, 0.4) is 0 Å². The molecule has 2 rings (SSSR count). The summed E-state index contributed by atoms with van der Waals surface area (Å²) in [7, 11) is 1.69. The van der Waals surface area contributed by atoms with Gasteiger partial charge >= 0.3 is 0 Å². The van der Waals surface area contributed by atoms with E-state index in [1.165, 1.54) is 4.68 Å². The molecule has 0 spiro atoms. The first-order valence-corrected chi connectivity index (χ1v) is 7.68. The van der Waals surface area contributed by atoms with Crippen molar-refractivity contribution in [1.29, 1.82) is 0 Å². The standard InChI is InChI=1S/C17H22N4O2/c1-4-12(2)18-17(23)14-11-15(21(3)20-14)19-16(22)10-13-8-6-5-7-9-13/h5-9,11-12H,4,10H2,1-3H3,(H,18,23)(H,19,22). The third-order valence-corrected chi connectivity index (χ3v) is 3.58. The molecule has 6 nitrogen and oxygen atoms in total. The molecule has 2 aromatic rings. The fraction of sp³-hybridized carbons (Fsp3) is 0.353. The number of carbonyl (C=O) groups is 2. The Bertz CT molecular complexity index is 679. The average molecular weight is 314 g/mol.